The SMILES string of the molecule is CC(C)OC(=O)C1C=CC(C(CCC(C)(C)C)N2C(=O)CNC23CCC(C(C)(C)C)CC3)=CC1. The van der Waals surface area contributed by atoms with Crippen LogP contribution in [0.3, 0.4) is 0 Å². The van der Waals surface area contributed by atoms with Crippen LogP contribution in [0.2, 0.25) is 0 Å². The molecule has 192 valence electrons. The molecule has 0 aromatic rings. The summed E-state index contributed by atoms with van der Waals surface area (Å²) in [6, 6.07) is 0.0335. The average Bonchev–Trinajstić information content (AvgIpc) is 3.03. The third kappa shape index (κ3) is 6.33. The van der Waals surface area contributed by atoms with Gasteiger partial charge in [0.2, 0.25) is 5.91 Å². The summed E-state index contributed by atoms with van der Waals surface area (Å²) in [5.74, 6) is 0.498. The minimum Gasteiger partial charge on any atom is -0.463 e. The molecule has 1 spiro atoms. The van der Waals surface area contributed by atoms with E-state index in [9.17, 15) is 9.59 Å². The Morgan fingerprint density at radius 3 is 2.32 bits per heavy atom. The molecule has 1 saturated carbocycles. The first-order valence-corrected chi connectivity index (χ1v) is 13.4. The van der Waals surface area contributed by atoms with Gasteiger partial charge in [0.15, 0.2) is 0 Å². The smallest absolute Gasteiger partial charge is 0.313 e. The van der Waals surface area contributed by atoms with Gasteiger partial charge >= 0.3 is 5.97 Å². The fourth-order valence-electron chi connectivity index (χ4n) is 5.89. The number of ether oxygens (including phenoxy) is 1. The van der Waals surface area contributed by atoms with Gasteiger partial charge in [0.1, 0.15) is 0 Å². The molecule has 34 heavy (non-hydrogen) atoms. The van der Waals surface area contributed by atoms with E-state index in [1.165, 1.54) is 5.57 Å². The van der Waals surface area contributed by atoms with Crippen LogP contribution in [0, 0.1) is 22.7 Å². The number of nitrogens with one attached hydrogen (secondary N) is 1. The summed E-state index contributed by atoms with van der Waals surface area (Å²) >= 11 is 0. The molecule has 5 nitrogen and oxygen atoms in total. The molecule has 1 N–H and O–H groups in total. The van der Waals surface area contributed by atoms with Crippen LogP contribution in [-0.2, 0) is 14.3 Å². The first-order chi connectivity index (χ1) is 15.7. The topological polar surface area (TPSA) is 58.6 Å². The van der Waals surface area contributed by atoms with Gasteiger partial charge in [0.25, 0.3) is 0 Å². The fourth-order valence-corrected chi connectivity index (χ4v) is 5.89. The maximum Gasteiger partial charge on any atom is 0.313 e. The van der Waals surface area contributed by atoms with Gasteiger partial charge < -0.3 is 9.64 Å². The number of allylic oxidation sites excluding steroid dienone is 1. The number of carbonyl (C=O) groups excluding carboxylic acids is 2. The summed E-state index contributed by atoms with van der Waals surface area (Å²) in [5, 5.41) is 3.66. The lowest BCUT2D eigenvalue weighted by atomic mass is 9.69. The second-order valence-corrected chi connectivity index (χ2v) is 13.3. The van der Waals surface area contributed by atoms with Gasteiger partial charge in [-0.25, -0.2) is 0 Å². The van der Waals surface area contributed by atoms with Crippen LogP contribution in [0.4, 0.5) is 0 Å². The van der Waals surface area contributed by atoms with Crippen molar-refractivity contribution >= 4 is 11.9 Å². The van der Waals surface area contributed by atoms with Gasteiger partial charge in [0, 0.05) is 0 Å². The Hall–Kier alpha value is -1.62. The Morgan fingerprint density at radius 1 is 1.18 bits per heavy atom. The van der Waals surface area contributed by atoms with Crippen LogP contribution >= 0.6 is 0 Å². The number of carbonyl (C=O) groups is 2. The summed E-state index contributed by atoms with van der Waals surface area (Å²) < 4.78 is 5.43. The van der Waals surface area contributed by atoms with Crippen molar-refractivity contribution in [3.8, 4) is 0 Å². The van der Waals surface area contributed by atoms with E-state index >= 15 is 0 Å². The maximum absolute atomic E-state index is 13.4. The predicted molar refractivity (Wildman–Crippen MR) is 138 cm³/mol. The van der Waals surface area contributed by atoms with Crippen molar-refractivity contribution in [3.05, 3.63) is 23.8 Å². The molecule has 1 heterocycles. The van der Waals surface area contributed by atoms with E-state index in [0.717, 1.165) is 38.5 Å². The molecule has 0 aromatic carbocycles. The van der Waals surface area contributed by atoms with Gasteiger partial charge in [-0.05, 0) is 81.1 Å². The van der Waals surface area contributed by atoms with Crippen molar-refractivity contribution in [2.24, 2.45) is 22.7 Å². The molecule has 2 fully saturated rings. The molecule has 2 unspecified atom stereocenters. The number of esters is 1. The highest BCUT2D eigenvalue weighted by Gasteiger charge is 2.51. The molecule has 0 bridgehead atoms. The number of rotatable bonds is 6. The molecule has 1 amide bonds. The summed E-state index contributed by atoms with van der Waals surface area (Å²) in [7, 11) is 0. The lowest BCUT2D eigenvalue weighted by Gasteiger charge is -2.49. The Morgan fingerprint density at radius 2 is 1.82 bits per heavy atom. The van der Waals surface area contributed by atoms with Crippen molar-refractivity contribution in [3.63, 3.8) is 0 Å². The lowest BCUT2D eigenvalue weighted by molar-refractivity contribution is -0.150. The maximum atomic E-state index is 13.4. The van der Waals surface area contributed by atoms with Gasteiger partial charge in [-0.1, -0.05) is 59.8 Å². The molecule has 0 aromatic heterocycles. The minimum atomic E-state index is -0.247. The van der Waals surface area contributed by atoms with Gasteiger partial charge in [-0.15, -0.1) is 0 Å². The summed E-state index contributed by atoms with van der Waals surface area (Å²) in [4.78, 5) is 28.0. The van der Waals surface area contributed by atoms with E-state index in [-0.39, 0.29) is 41.0 Å². The number of amides is 1. The third-order valence-electron chi connectivity index (χ3n) is 7.98. The molecule has 0 radical (unpaired) electrons. The Balaban J connectivity index is 1.84. The van der Waals surface area contributed by atoms with Gasteiger partial charge in [0.05, 0.1) is 30.3 Å². The molecule has 1 saturated heterocycles. The molecular formula is C29H48N2O3. The standard InChI is InChI=1S/C29H48N2O3/c1-20(2)34-26(33)22-11-9-21(10-12-22)24(15-16-27(3,4)5)31-25(32)19-30-29(31)17-13-23(14-18-29)28(6,7)8/h9-11,20,22-24,30H,12-19H2,1-8H3. The zero-order valence-electron chi connectivity index (χ0n) is 22.9. The van der Waals surface area contributed by atoms with E-state index in [4.69, 9.17) is 4.74 Å². The first kappa shape index (κ1) is 27.0. The number of hydrogen-bond acceptors (Lipinski definition) is 4. The molecule has 2 atom stereocenters. The predicted octanol–water partition coefficient (Wildman–Crippen LogP) is 6.00. The van der Waals surface area contributed by atoms with Gasteiger partial charge in [-0.2, -0.15) is 0 Å². The summed E-state index contributed by atoms with van der Waals surface area (Å²) in [6.07, 6.45) is 13.0. The largest absolute Gasteiger partial charge is 0.463 e. The van der Waals surface area contributed by atoms with Crippen LogP contribution < -0.4 is 5.32 Å². The zero-order chi connectivity index (χ0) is 25.3. The van der Waals surface area contributed by atoms with E-state index < -0.39 is 0 Å². The van der Waals surface area contributed by atoms with Crippen molar-refractivity contribution in [2.45, 2.75) is 118 Å². The van der Waals surface area contributed by atoms with Crippen LogP contribution in [0.5, 0.6) is 0 Å². The quantitative estimate of drug-likeness (QED) is 0.482. The van der Waals surface area contributed by atoms with E-state index in [2.05, 4.69) is 63.9 Å². The van der Waals surface area contributed by atoms with Crippen LogP contribution in [0.1, 0.15) is 100 Å². The minimum absolute atomic E-state index is 0.0335. The third-order valence-corrected chi connectivity index (χ3v) is 7.98. The van der Waals surface area contributed by atoms with Crippen molar-refractivity contribution in [1.82, 2.24) is 10.2 Å². The van der Waals surface area contributed by atoms with Crippen molar-refractivity contribution in [2.75, 3.05) is 6.54 Å². The molecule has 3 aliphatic rings. The van der Waals surface area contributed by atoms with Crippen molar-refractivity contribution < 1.29 is 14.3 Å². The summed E-state index contributed by atoms with van der Waals surface area (Å²) in [5.41, 5.74) is 1.42. The van der Waals surface area contributed by atoms with E-state index in [0.29, 0.717) is 24.3 Å². The Labute approximate surface area is 207 Å². The van der Waals surface area contributed by atoms with E-state index in [1.807, 2.05) is 19.9 Å². The fraction of sp³-hybridized carbons (Fsp3) is 0.793. The number of hydrogen-bond donors (Lipinski definition) is 1. The summed E-state index contributed by atoms with van der Waals surface area (Å²) in [6.45, 7) is 18.0. The molecule has 1 aliphatic heterocycles. The molecule has 3 rings (SSSR count). The van der Waals surface area contributed by atoms with Crippen molar-refractivity contribution in [1.29, 1.82) is 0 Å². The van der Waals surface area contributed by atoms with Crippen LogP contribution in [0.15, 0.2) is 23.8 Å². The highest BCUT2D eigenvalue weighted by atomic mass is 16.5. The highest BCUT2D eigenvalue weighted by Crippen LogP contribution is 2.46. The second kappa shape index (κ2) is 10.2. The van der Waals surface area contributed by atoms with E-state index in [1.54, 1.807) is 0 Å². The Kier molecular flexibility index (Phi) is 8.06. The molecule has 5 heteroatoms. The number of nitrogens with zero attached hydrogens (tertiary/aromatic N) is 1. The zero-order valence-corrected chi connectivity index (χ0v) is 22.9. The molecular weight excluding hydrogens is 424 g/mol. The second-order valence-electron chi connectivity index (χ2n) is 13.3. The highest BCUT2D eigenvalue weighted by molar-refractivity contribution is 5.82. The normalized spacial score (nSPS) is 29.0. The van der Waals surface area contributed by atoms with Crippen LogP contribution in [-0.4, -0.2) is 41.1 Å². The van der Waals surface area contributed by atoms with Crippen LogP contribution in [0.25, 0.3) is 0 Å². The lowest BCUT2D eigenvalue weighted by Crippen LogP contribution is -2.58. The first-order valence-electron chi connectivity index (χ1n) is 13.4. The molecule has 2 aliphatic carbocycles. The monoisotopic (exact) mass is 472 g/mol. The van der Waals surface area contributed by atoms with Gasteiger partial charge in [-0.3, -0.25) is 14.9 Å². The average molecular weight is 473 g/mol. The Bertz CT molecular complexity index is 804.